The van der Waals surface area contributed by atoms with Crippen LogP contribution in [0.5, 0.6) is 0 Å². The van der Waals surface area contributed by atoms with E-state index in [1.165, 1.54) is 12.8 Å². The Balaban J connectivity index is 2.03. The minimum Gasteiger partial charge on any atom is -0.399 e. The summed E-state index contributed by atoms with van der Waals surface area (Å²) in [4.78, 5) is 14.0. The van der Waals surface area contributed by atoms with E-state index in [1.54, 1.807) is 11.0 Å². The van der Waals surface area contributed by atoms with Gasteiger partial charge in [0.15, 0.2) is 0 Å². The third-order valence-corrected chi connectivity index (χ3v) is 3.41. The molecule has 3 heteroatoms. The van der Waals surface area contributed by atoms with Gasteiger partial charge in [0.25, 0.3) is 5.91 Å². The first kappa shape index (κ1) is 12.0. The Hall–Kier alpha value is -1.51. The Labute approximate surface area is 103 Å². The highest BCUT2D eigenvalue weighted by Gasteiger charge is 2.22. The summed E-state index contributed by atoms with van der Waals surface area (Å²) in [5.74, 6) is 0.933. The second-order valence-corrected chi connectivity index (χ2v) is 5.03. The van der Waals surface area contributed by atoms with Crippen molar-refractivity contribution >= 4 is 11.6 Å². The van der Waals surface area contributed by atoms with Gasteiger partial charge in [-0.15, -0.1) is 0 Å². The smallest absolute Gasteiger partial charge is 0.253 e. The van der Waals surface area contributed by atoms with Crippen LogP contribution in [0.3, 0.4) is 0 Å². The number of carbonyl (C=O) groups excluding carboxylic acids is 1. The Morgan fingerprint density at radius 2 is 2.18 bits per heavy atom. The van der Waals surface area contributed by atoms with E-state index in [0.717, 1.165) is 30.0 Å². The zero-order valence-electron chi connectivity index (χ0n) is 10.6. The number of carbonyl (C=O) groups is 1. The van der Waals surface area contributed by atoms with Crippen LogP contribution < -0.4 is 5.73 Å². The minimum absolute atomic E-state index is 0.0791. The molecule has 1 amide bonds. The molecule has 2 rings (SSSR count). The third-order valence-electron chi connectivity index (χ3n) is 3.41. The van der Waals surface area contributed by atoms with Crippen molar-refractivity contribution in [3.8, 4) is 0 Å². The van der Waals surface area contributed by atoms with E-state index < -0.39 is 0 Å². The molecule has 2 N–H and O–H groups in total. The molecule has 3 nitrogen and oxygen atoms in total. The highest BCUT2D eigenvalue weighted by atomic mass is 16.2. The Kier molecular flexibility index (Phi) is 3.36. The molecule has 0 aromatic heterocycles. The summed E-state index contributed by atoms with van der Waals surface area (Å²) in [7, 11) is 1.87. The van der Waals surface area contributed by atoms with E-state index in [1.807, 2.05) is 26.1 Å². The molecule has 1 aliphatic carbocycles. The summed E-state index contributed by atoms with van der Waals surface area (Å²) in [5.41, 5.74) is 8.09. The number of amides is 1. The van der Waals surface area contributed by atoms with E-state index >= 15 is 0 Å². The largest absolute Gasteiger partial charge is 0.399 e. The number of nitrogens with two attached hydrogens (primary N) is 1. The van der Waals surface area contributed by atoms with Gasteiger partial charge in [-0.25, -0.2) is 0 Å². The number of nitrogens with zero attached hydrogens (tertiary/aromatic N) is 1. The lowest BCUT2D eigenvalue weighted by Gasteiger charge is -2.18. The van der Waals surface area contributed by atoms with Gasteiger partial charge in [0.2, 0.25) is 0 Å². The maximum Gasteiger partial charge on any atom is 0.253 e. The average molecular weight is 232 g/mol. The standard InChI is InChI=1S/C14H20N2O/c1-10-3-6-12(15)9-13(10)14(17)16(2)8-7-11-4-5-11/h3,6,9,11H,4-5,7-8,15H2,1-2H3. The molecule has 1 aromatic rings. The first-order valence-electron chi connectivity index (χ1n) is 6.19. The van der Waals surface area contributed by atoms with Gasteiger partial charge in [0.05, 0.1) is 0 Å². The van der Waals surface area contributed by atoms with Gasteiger partial charge in [0.1, 0.15) is 0 Å². The number of benzene rings is 1. The summed E-state index contributed by atoms with van der Waals surface area (Å²) >= 11 is 0. The summed E-state index contributed by atoms with van der Waals surface area (Å²) in [6, 6.07) is 5.50. The molecule has 0 heterocycles. The van der Waals surface area contributed by atoms with Gasteiger partial charge >= 0.3 is 0 Å². The van der Waals surface area contributed by atoms with Crippen molar-refractivity contribution in [3.63, 3.8) is 0 Å². The lowest BCUT2D eigenvalue weighted by molar-refractivity contribution is 0.0791. The SMILES string of the molecule is Cc1ccc(N)cc1C(=O)N(C)CCC1CC1. The van der Waals surface area contributed by atoms with Gasteiger partial charge in [-0.05, 0) is 37.0 Å². The van der Waals surface area contributed by atoms with Crippen molar-refractivity contribution in [2.45, 2.75) is 26.2 Å². The van der Waals surface area contributed by atoms with Crippen molar-refractivity contribution in [1.29, 1.82) is 0 Å². The molecule has 92 valence electrons. The molecule has 0 atom stereocenters. The molecule has 0 spiro atoms. The quantitative estimate of drug-likeness (QED) is 0.810. The second-order valence-electron chi connectivity index (χ2n) is 5.03. The maximum atomic E-state index is 12.2. The zero-order chi connectivity index (χ0) is 12.4. The van der Waals surface area contributed by atoms with Crippen LogP contribution in [0.25, 0.3) is 0 Å². The molecule has 0 saturated heterocycles. The van der Waals surface area contributed by atoms with Crippen LogP contribution in [0.15, 0.2) is 18.2 Å². The lowest BCUT2D eigenvalue weighted by Crippen LogP contribution is -2.28. The van der Waals surface area contributed by atoms with Crippen LogP contribution in [-0.2, 0) is 0 Å². The summed E-state index contributed by atoms with van der Waals surface area (Å²) in [6.45, 7) is 2.79. The van der Waals surface area contributed by atoms with Crippen molar-refractivity contribution in [2.75, 3.05) is 19.3 Å². The molecule has 0 radical (unpaired) electrons. The number of rotatable bonds is 4. The number of aryl methyl sites for hydroxylation is 1. The molecule has 0 unspecified atom stereocenters. The molecule has 1 aromatic carbocycles. The predicted octanol–water partition coefficient (Wildman–Crippen LogP) is 2.45. The topological polar surface area (TPSA) is 46.3 Å². The van der Waals surface area contributed by atoms with E-state index in [2.05, 4.69) is 0 Å². The van der Waals surface area contributed by atoms with E-state index in [-0.39, 0.29) is 5.91 Å². The number of hydrogen-bond acceptors (Lipinski definition) is 2. The monoisotopic (exact) mass is 232 g/mol. The highest BCUT2D eigenvalue weighted by Crippen LogP contribution is 2.32. The first-order chi connectivity index (χ1) is 8.08. The fourth-order valence-corrected chi connectivity index (χ4v) is 1.96. The van der Waals surface area contributed by atoms with E-state index in [0.29, 0.717) is 5.69 Å². The van der Waals surface area contributed by atoms with Crippen LogP contribution in [-0.4, -0.2) is 24.4 Å². The molecule has 1 saturated carbocycles. The molecule has 17 heavy (non-hydrogen) atoms. The Bertz CT molecular complexity index is 424. The Morgan fingerprint density at radius 1 is 1.47 bits per heavy atom. The van der Waals surface area contributed by atoms with Gasteiger partial charge < -0.3 is 10.6 Å². The summed E-state index contributed by atoms with van der Waals surface area (Å²) < 4.78 is 0. The van der Waals surface area contributed by atoms with Crippen LogP contribution in [0.2, 0.25) is 0 Å². The summed E-state index contributed by atoms with van der Waals surface area (Å²) in [6.07, 6.45) is 3.79. The fourth-order valence-electron chi connectivity index (χ4n) is 1.96. The van der Waals surface area contributed by atoms with Gasteiger partial charge in [-0.1, -0.05) is 18.9 Å². The molecule has 0 aliphatic heterocycles. The van der Waals surface area contributed by atoms with Crippen molar-refractivity contribution in [2.24, 2.45) is 5.92 Å². The van der Waals surface area contributed by atoms with Gasteiger partial charge in [0, 0.05) is 24.8 Å². The number of hydrogen-bond donors (Lipinski definition) is 1. The highest BCUT2D eigenvalue weighted by molar-refractivity contribution is 5.96. The van der Waals surface area contributed by atoms with Crippen molar-refractivity contribution < 1.29 is 4.79 Å². The third kappa shape index (κ3) is 2.99. The minimum atomic E-state index is 0.0791. The van der Waals surface area contributed by atoms with Gasteiger partial charge in [-0.2, -0.15) is 0 Å². The number of anilines is 1. The maximum absolute atomic E-state index is 12.2. The Morgan fingerprint density at radius 3 is 2.82 bits per heavy atom. The normalized spacial score (nSPS) is 14.7. The molecule has 0 bridgehead atoms. The van der Waals surface area contributed by atoms with Crippen molar-refractivity contribution in [1.82, 2.24) is 4.90 Å². The molecule has 1 aliphatic rings. The van der Waals surface area contributed by atoms with E-state index in [9.17, 15) is 4.79 Å². The summed E-state index contributed by atoms with van der Waals surface area (Å²) in [5, 5.41) is 0. The van der Waals surface area contributed by atoms with Crippen LogP contribution in [0.4, 0.5) is 5.69 Å². The van der Waals surface area contributed by atoms with Crippen LogP contribution >= 0.6 is 0 Å². The van der Waals surface area contributed by atoms with Crippen molar-refractivity contribution in [3.05, 3.63) is 29.3 Å². The average Bonchev–Trinajstić information content (AvgIpc) is 3.12. The van der Waals surface area contributed by atoms with Gasteiger partial charge in [-0.3, -0.25) is 4.79 Å². The molecular formula is C14H20N2O. The zero-order valence-corrected chi connectivity index (χ0v) is 10.6. The van der Waals surface area contributed by atoms with E-state index in [4.69, 9.17) is 5.73 Å². The molecule has 1 fully saturated rings. The predicted molar refractivity (Wildman–Crippen MR) is 69.9 cm³/mol. The van der Waals surface area contributed by atoms with Crippen LogP contribution in [0.1, 0.15) is 35.2 Å². The van der Waals surface area contributed by atoms with Crippen LogP contribution in [0, 0.1) is 12.8 Å². The molecular weight excluding hydrogens is 212 g/mol. The lowest BCUT2D eigenvalue weighted by atomic mass is 10.1. The first-order valence-corrected chi connectivity index (χ1v) is 6.19. The fraction of sp³-hybridized carbons (Fsp3) is 0.500. The second kappa shape index (κ2) is 4.78. The number of nitrogen functional groups attached to an aromatic ring is 1.